The highest BCUT2D eigenvalue weighted by atomic mass is 19.4. The Morgan fingerprint density at radius 3 is 1.17 bits per heavy atom. The highest BCUT2D eigenvalue weighted by Crippen LogP contribution is 2.57. The highest BCUT2D eigenvalue weighted by molar-refractivity contribution is 5.91. The SMILES string of the molecule is CC1(C)c2ccccc2N(c2cccc(N3c4ccccc4C(C)(C)c4c3cccc4C(F)(F)F)c2)c2cccc(C(F)(F)F)c21. The predicted octanol–water partition coefficient (Wildman–Crippen LogP) is 11.9. The topological polar surface area (TPSA) is 6.48 Å². The molecule has 2 aliphatic rings. The molecule has 2 heterocycles. The Bertz CT molecular complexity index is 1860. The van der Waals surface area contributed by atoms with Gasteiger partial charge in [0, 0.05) is 22.2 Å². The number of benzene rings is 5. The molecule has 0 spiro atoms. The van der Waals surface area contributed by atoms with E-state index in [2.05, 4.69) is 0 Å². The number of alkyl halides is 6. The van der Waals surface area contributed by atoms with Crippen LogP contribution in [-0.4, -0.2) is 0 Å². The second-order valence-electron chi connectivity index (χ2n) is 12.9. The summed E-state index contributed by atoms with van der Waals surface area (Å²) in [5.41, 5.74) is 1.89. The van der Waals surface area contributed by atoms with Crippen LogP contribution in [0.15, 0.2) is 109 Å². The Morgan fingerprint density at radius 1 is 0.435 bits per heavy atom. The van der Waals surface area contributed by atoms with Crippen molar-refractivity contribution in [1.82, 2.24) is 0 Å². The molecule has 0 bridgehead atoms. The van der Waals surface area contributed by atoms with Gasteiger partial charge in [-0.05, 0) is 76.9 Å². The molecule has 0 saturated carbocycles. The Labute approximate surface area is 263 Å². The molecule has 7 rings (SSSR count). The first-order valence-corrected chi connectivity index (χ1v) is 14.9. The molecular formula is C38H30F6N2. The van der Waals surface area contributed by atoms with Crippen molar-refractivity contribution in [2.75, 3.05) is 9.80 Å². The second-order valence-corrected chi connectivity index (χ2v) is 12.9. The molecule has 8 heteroatoms. The van der Waals surface area contributed by atoms with E-state index < -0.39 is 34.3 Å². The molecule has 0 aliphatic carbocycles. The largest absolute Gasteiger partial charge is 0.416 e. The molecule has 2 aliphatic heterocycles. The molecule has 46 heavy (non-hydrogen) atoms. The van der Waals surface area contributed by atoms with E-state index >= 15 is 0 Å². The third-order valence-electron chi connectivity index (χ3n) is 9.41. The number of anilines is 6. The van der Waals surface area contributed by atoms with Gasteiger partial charge in [0.05, 0.1) is 33.9 Å². The standard InChI is InChI=1S/C38H30F6N2/c1-35(2)25-14-5-7-18-29(25)45(31-20-10-16-27(33(31)35)37(39,40)41)23-12-9-13-24(22-23)46-30-19-8-6-15-26(30)36(3,4)34-28(38(42,43)44)17-11-21-32(34)46/h5-22H,1-4H3. The number of hydrogen-bond donors (Lipinski definition) is 0. The van der Waals surface area contributed by atoms with E-state index in [0.29, 0.717) is 22.7 Å². The summed E-state index contributed by atoms with van der Waals surface area (Å²) in [5.74, 6) is 0. The molecule has 0 fully saturated rings. The van der Waals surface area contributed by atoms with Crippen LogP contribution >= 0.6 is 0 Å². The van der Waals surface area contributed by atoms with Crippen LogP contribution in [-0.2, 0) is 23.2 Å². The Morgan fingerprint density at radius 2 is 0.783 bits per heavy atom. The van der Waals surface area contributed by atoms with Crippen molar-refractivity contribution < 1.29 is 26.3 Å². The van der Waals surface area contributed by atoms with Gasteiger partial charge in [0.15, 0.2) is 0 Å². The van der Waals surface area contributed by atoms with Crippen molar-refractivity contribution in [3.8, 4) is 0 Å². The normalized spacial score (nSPS) is 16.3. The van der Waals surface area contributed by atoms with Gasteiger partial charge in [0.25, 0.3) is 0 Å². The van der Waals surface area contributed by atoms with E-state index in [4.69, 9.17) is 0 Å². The molecule has 0 saturated heterocycles. The Hall–Kier alpha value is -4.72. The fourth-order valence-corrected chi connectivity index (χ4v) is 7.49. The van der Waals surface area contributed by atoms with Crippen LogP contribution in [0, 0.1) is 0 Å². The first kappa shape index (κ1) is 30.0. The summed E-state index contributed by atoms with van der Waals surface area (Å²) in [7, 11) is 0. The lowest BCUT2D eigenvalue weighted by Gasteiger charge is -2.44. The van der Waals surface area contributed by atoms with E-state index in [0.717, 1.165) is 34.6 Å². The molecule has 0 unspecified atom stereocenters. The highest BCUT2D eigenvalue weighted by Gasteiger charge is 2.46. The maximum Gasteiger partial charge on any atom is 0.416 e. The molecule has 5 aromatic carbocycles. The summed E-state index contributed by atoms with van der Waals surface area (Å²) in [6.07, 6.45) is -9.15. The van der Waals surface area contributed by atoms with Crippen LogP contribution in [0.4, 0.5) is 60.5 Å². The van der Waals surface area contributed by atoms with Gasteiger partial charge >= 0.3 is 12.4 Å². The van der Waals surface area contributed by atoms with Crippen molar-refractivity contribution in [3.63, 3.8) is 0 Å². The zero-order chi connectivity index (χ0) is 32.8. The molecule has 5 aromatic rings. The number of rotatable bonds is 2. The molecular weight excluding hydrogens is 598 g/mol. The van der Waals surface area contributed by atoms with Crippen molar-refractivity contribution in [2.45, 2.75) is 50.9 Å². The third-order valence-corrected chi connectivity index (χ3v) is 9.41. The van der Waals surface area contributed by atoms with Crippen LogP contribution in [0.3, 0.4) is 0 Å². The van der Waals surface area contributed by atoms with Crippen molar-refractivity contribution in [2.24, 2.45) is 0 Å². The maximum atomic E-state index is 14.5. The minimum absolute atomic E-state index is 0.164. The van der Waals surface area contributed by atoms with E-state index in [1.54, 1.807) is 45.9 Å². The number of fused-ring (bicyclic) bond motifs is 4. The molecule has 234 valence electrons. The van der Waals surface area contributed by atoms with Crippen molar-refractivity contribution in [1.29, 1.82) is 0 Å². The number of para-hydroxylation sites is 2. The van der Waals surface area contributed by atoms with Gasteiger partial charge in [-0.2, -0.15) is 26.3 Å². The molecule has 0 aromatic heterocycles. The molecule has 2 nitrogen and oxygen atoms in total. The number of halogens is 6. The Balaban J connectivity index is 1.49. The zero-order valence-corrected chi connectivity index (χ0v) is 25.6. The minimum Gasteiger partial charge on any atom is -0.310 e. The van der Waals surface area contributed by atoms with E-state index in [1.807, 2.05) is 76.5 Å². The summed E-state index contributed by atoms with van der Waals surface area (Å²) in [4.78, 5) is 3.64. The van der Waals surface area contributed by atoms with E-state index in [9.17, 15) is 26.3 Å². The van der Waals surface area contributed by atoms with Gasteiger partial charge in [-0.25, -0.2) is 0 Å². The minimum atomic E-state index is -4.58. The molecule has 0 radical (unpaired) electrons. The smallest absolute Gasteiger partial charge is 0.310 e. The third kappa shape index (κ3) is 4.33. The molecule has 0 N–H and O–H groups in total. The number of nitrogens with zero attached hydrogens (tertiary/aromatic N) is 2. The fourth-order valence-electron chi connectivity index (χ4n) is 7.49. The van der Waals surface area contributed by atoms with Crippen LogP contribution in [0.1, 0.15) is 61.1 Å². The lowest BCUT2D eigenvalue weighted by molar-refractivity contribution is -0.139. The van der Waals surface area contributed by atoms with Crippen molar-refractivity contribution in [3.05, 3.63) is 143 Å². The second kappa shape index (κ2) is 9.89. The summed E-state index contributed by atoms with van der Waals surface area (Å²) >= 11 is 0. The molecule has 0 amide bonds. The Kier molecular flexibility index (Phi) is 6.44. The maximum absolute atomic E-state index is 14.5. The van der Waals surface area contributed by atoms with Gasteiger partial charge < -0.3 is 9.80 Å². The monoisotopic (exact) mass is 628 g/mol. The van der Waals surface area contributed by atoms with E-state index in [1.165, 1.54) is 12.1 Å². The van der Waals surface area contributed by atoms with Crippen LogP contribution < -0.4 is 9.80 Å². The lowest BCUT2D eigenvalue weighted by atomic mass is 9.71. The van der Waals surface area contributed by atoms with Crippen LogP contribution in [0.2, 0.25) is 0 Å². The number of hydrogen-bond acceptors (Lipinski definition) is 2. The van der Waals surface area contributed by atoms with Gasteiger partial charge in [-0.1, -0.05) is 82.3 Å². The zero-order valence-electron chi connectivity index (χ0n) is 25.6. The predicted molar refractivity (Wildman–Crippen MR) is 170 cm³/mol. The fraction of sp³-hybridized carbons (Fsp3) is 0.211. The van der Waals surface area contributed by atoms with Gasteiger partial charge in [0.2, 0.25) is 0 Å². The summed E-state index contributed by atoms with van der Waals surface area (Å²) in [5, 5.41) is 0. The summed E-state index contributed by atoms with van der Waals surface area (Å²) < 4.78 is 86.9. The first-order chi connectivity index (χ1) is 21.6. The van der Waals surface area contributed by atoms with Crippen LogP contribution in [0.25, 0.3) is 0 Å². The van der Waals surface area contributed by atoms with Crippen molar-refractivity contribution >= 4 is 34.1 Å². The van der Waals surface area contributed by atoms with Gasteiger partial charge in [-0.3, -0.25) is 0 Å². The van der Waals surface area contributed by atoms with Gasteiger partial charge in [-0.15, -0.1) is 0 Å². The van der Waals surface area contributed by atoms with Crippen LogP contribution in [0.5, 0.6) is 0 Å². The summed E-state index contributed by atoms with van der Waals surface area (Å²) in [6.45, 7) is 7.20. The lowest BCUT2D eigenvalue weighted by Crippen LogP contribution is -2.34. The van der Waals surface area contributed by atoms with E-state index in [-0.39, 0.29) is 11.1 Å². The van der Waals surface area contributed by atoms with Gasteiger partial charge in [0.1, 0.15) is 0 Å². The first-order valence-electron chi connectivity index (χ1n) is 14.9. The quantitative estimate of drug-likeness (QED) is 0.180. The average Bonchev–Trinajstić information content (AvgIpc) is 3.00. The summed E-state index contributed by atoms with van der Waals surface area (Å²) in [6, 6.07) is 30.5. The molecule has 0 atom stereocenters. The average molecular weight is 629 g/mol.